The van der Waals surface area contributed by atoms with Crippen molar-refractivity contribution < 1.29 is 19.1 Å². The number of allylic oxidation sites excluding steroid dienone is 1. The smallest absolute Gasteiger partial charge is 0.238 e. The van der Waals surface area contributed by atoms with E-state index >= 15 is 0 Å². The van der Waals surface area contributed by atoms with Gasteiger partial charge in [-0.2, -0.15) is 0 Å². The number of benzene rings is 3. The second kappa shape index (κ2) is 9.03. The lowest BCUT2D eigenvalue weighted by molar-refractivity contribution is -0.121. The van der Waals surface area contributed by atoms with Gasteiger partial charge in [0, 0.05) is 22.5 Å². The normalized spacial score (nSPS) is 24.1. The van der Waals surface area contributed by atoms with Gasteiger partial charge in [-0.05, 0) is 65.9 Å². The molecule has 4 heterocycles. The summed E-state index contributed by atoms with van der Waals surface area (Å²) in [4.78, 5) is 46.2. The van der Waals surface area contributed by atoms with Crippen molar-refractivity contribution in [2.24, 2.45) is 5.92 Å². The summed E-state index contributed by atoms with van der Waals surface area (Å²) >= 11 is 1.33. The predicted octanol–water partition coefficient (Wildman–Crippen LogP) is 6.00. The second-order valence-electron chi connectivity index (χ2n) is 10.4. The first-order chi connectivity index (χ1) is 19.5. The standard InChI is InChI=1S/C33H26N2O4S/c1-19-18-27-33(23-9-4-5-10-24(23)34-32(33)38)28(31(37)26-12-7-17-40-26)29(35(27)25-11-6-3-8-22(19)25)30(36)20-13-15-21(39-2)16-14-20/h3-18,27-29H,1-2H3,(H,34,38)/t27-,28+,29-,33+/m0/s1. The van der Waals surface area contributed by atoms with Crippen molar-refractivity contribution in [2.75, 3.05) is 17.3 Å². The first-order valence-corrected chi connectivity index (χ1v) is 14.1. The number of methoxy groups -OCH3 is 1. The number of rotatable bonds is 5. The fourth-order valence-corrected chi connectivity index (χ4v) is 7.59. The molecule has 40 heavy (non-hydrogen) atoms. The summed E-state index contributed by atoms with van der Waals surface area (Å²) in [5, 5.41) is 4.93. The molecule has 1 amide bonds. The van der Waals surface area contributed by atoms with Crippen molar-refractivity contribution in [2.45, 2.75) is 24.4 Å². The molecule has 198 valence electrons. The summed E-state index contributed by atoms with van der Waals surface area (Å²) in [7, 11) is 1.58. The molecule has 6 nitrogen and oxygen atoms in total. The zero-order valence-electron chi connectivity index (χ0n) is 22.0. The van der Waals surface area contributed by atoms with E-state index < -0.39 is 23.4 Å². The van der Waals surface area contributed by atoms with Crippen molar-refractivity contribution >= 4 is 45.8 Å². The van der Waals surface area contributed by atoms with E-state index in [-0.39, 0.29) is 17.5 Å². The molecule has 0 radical (unpaired) electrons. The van der Waals surface area contributed by atoms with Gasteiger partial charge < -0.3 is 15.0 Å². The highest BCUT2D eigenvalue weighted by Gasteiger charge is 2.70. The summed E-state index contributed by atoms with van der Waals surface area (Å²) < 4.78 is 5.32. The Hall–Kier alpha value is -4.49. The molecular weight excluding hydrogens is 520 g/mol. The number of nitrogens with zero attached hydrogens (tertiary/aromatic N) is 1. The number of para-hydroxylation sites is 2. The SMILES string of the molecule is COc1ccc(C(=O)[C@@H]2[C@H](C(=O)c3cccs3)[C@]3(C(=O)Nc4ccccc43)[C@@H]3C=C(C)c4ccccc4N23)cc1. The molecule has 7 heteroatoms. The molecule has 4 atom stereocenters. The minimum absolute atomic E-state index is 0.202. The first kappa shape index (κ1) is 24.5. The molecule has 7 rings (SSSR count). The zero-order valence-corrected chi connectivity index (χ0v) is 22.8. The molecule has 0 saturated carbocycles. The Morgan fingerprint density at radius 2 is 1.68 bits per heavy atom. The quantitative estimate of drug-likeness (QED) is 0.311. The highest BCUT2D eigenvalue weighted by molar-refractivity contribution is 7.12. The third kappa shape index (κ3) is 3.24. The van der Waals surface area contributed by atoms with Crippen molar-refractivity contribution in [1.29, 1.82) is 0 Å². The molecule has 3 aromatic carbocycles. The van der Waals surface area contributed by atoms with Crippen LogP contribution in [0.15, 0.2) is 96.4 Å². The van der Waals surface area contributed by atoms with E-state index in [0.717, 1.165) is 22.4 Å². The van der Waals surface area contributed by atoms with Crippen LogP contribution >= 0.6 is 11.3 Å². The van der Waals surface area contributed by atoms with E-state index in [4.69, 9.17) is 4.74 Å². The van der Waals surface area contributed by atoms with Crippen LogP contribution < -0.4 is 15.0 Å². The Morgan fingerprint density at radius 1 is 0.925 bits per heavy atom. The minimum Gasteiger partial charge on any atom is -0.497 e. The average Bonchev–Trinajstić information content (AvgIpc) is 3.70. The number of nitrogens with one attached hydrogen (secondary N) is 1. The third-order valence-corrected chi connectivity index (χ3v) is 9.46. The second-order valence-corrected chi connectivity index (χ2v) is 11.4. The first-order valence-electron chi connectivity index (χ1n) is 13.2. The van der Waals surface area contributed by atoms with Crippen LogP contribution in [0.2, 0.25) is 0 Å². The van der Waals surface area contributed by atoms with Crippen LogP contribution in [0.1, 0.15) is 38.1 Å². The summed E-state index contributed by atoms with van der Waals surface area (Å²) in [6.45, 7) is 2.03. The van der Waals surface area contributed by atoms with Gasteiger partial charge in [0.2, 0.25) is 5.91 Å². The van der Waals surface area contributed by atoms with Crippen molar-refractivity contribution in [1.82, 2.24) is 0 Å². The van der Waals surface area contributed by atoms with Crippen LogP contribution in [0, 0.1) is 5.92 Å². The topological polar surface area (TPSA) is 75.7 Å². The number of hydrogen-bond acceptors (Lipinski definition) is 6. The number of fused-ring (bicyclic) bond motifs is 6. The lowest BCUT2D eigenvalue weighted by Gasteiger charge is -2.39. The van der Waals surface area contributed by atoms with Crippen LogP contribution in [-0.4, -0.2) is 36.7 Å². The van der Waals surface area contributed by atoms with E-state index in [2.05, 4.69) is 11.4 Å². The molecule has 4 aromatic rings. The number of hydrogen-bond donors (Lipinski definition) is 1. The van der Waals surface area contributed by atoms with Gasteiger partial charge >= 0.3 is 0 Å². The number of ether oxygens (including phenoxy) is 1. The highest BCUT2D eigenvalue weighted by Crippen LogP contribution is 2.59. The van der Waals surface area contributed by atoms with Crippen LogP contribution in [0.25, 0.3) is 5.57 Å². The van der Waals surface area contributed by atoms with Crippen molar-refractivity contribution in [3.05, 3.63) is 118 Å². The Balaban J connectivity index is 1.54. The van der Waals surface area contributed by atoms with Gasteiger partial charge in [-0.15, -0.1) is 11.3 Å². The maximum Gasteiger partial charge on any atom is 0.238 e. The summed E-state index contributed by atoms with van der Waals surface area (Å²) in [5.74, 6) is -1.00. The van der Waals surface area contributed by atoms with Crippen LogP contribution in [0.5, 0.6) is 5.75 Å². The van der Waals surface area contributed by atoms with Gasteiger partial charge in [0.25, 0.3) is 0 Å². The Kier molecular flexibility index (Phi) is 5.54. The Morgan fingerprint density at radius 3 is 2.42 bits per heavy atom. The van der Waals surface area contributed by atoms with Gasteiger partial charge in [-0.1, -0.05) is 48.5 Å². The van der Waals surface area contributed by atoms with Gasteiger partial charge in [-0.25, -0.2) is 0 Å². The van der Waals surface area contributed by atoms with E-state index in [1.165, 1.54) is 11.3 Å². The van der Waals surface area contributed by atoms with Gasteiger partial charge in [-0.3, -0.25) is 14.4 Å². The number of amides is 1. The molecule has 1 fully saturated rings. The summed E-state index contributed by atoms with van der Waals surface area (Å²) in [5.41, 5.74) is 3.42. The maximum absolute atomic E-state index is 14.7. The van der Waals surface area contributed by atoms with Crippen molar-refractivity contribution in [3.8, 4) is 5.75 Å². The molecule has 1 saturated heterocycles. The van der Waals surface area contributed by atoms with Crippen LogP contribution in [-0.2, 0) is 10.2 Å². The number of carbonyl (C=O) groups is 3. The fourth-order valence-electron chi connectivity index (χ4n) is 6.89. The number of ketones is 2. The Labute approximate surface area is 235 Å². The highest BCUT2D eigenvalue weighted by atomic mass is 32.1. The number of Topliss-reactive ketones (excluding diaryl/α,β-unsaturated/α-hetero) is 2. The van der Waals surface area contributed by atoms with Gasteiger partial charge in [0.05, 0.1) is 23.9 Å². The summed E-state index contributed by atoms with van der Waals surface area (Å²) in [6, 6.07) is 24.6. The predicted molar refractivity (Wildman–Crippen MR) is 156 cm³/mol. The zero-order chi connectivity index (χ0) is 27.6. The molecule has 3 aliphatic rings. The molecule has 1 N–H and O–H groups in total. The monoisotopic (exact) mass is 546 g/mol. The number of carbonyl (C=O) groups excluding carboxylic acids is 3. The fraction of sp³-hybridized carbons (Fsp3) is 0.182. The van der Waals surface area contributed by atoms with Crippen LogP contribution in [0.3, 0.4) is 0 Å². The molecule has 0 aliphatic carbocycles. The number of anilines is 2. The minimum atomic E-state index is -1.31. The molecule has 0 unspecified atom stereocenters. The largest absolute Gasteiger partial charge is 0.497 e. The van der Waals surface area contributed by atoms with E-state index in [1.54, 1.807) is 37.4 Å². The Bertz CT molecular complexity index is 1710. The molecule has 3 aliphatic heterocycles. The molecule has 0 bridgehead atoms. The van der Waals surface area contributed by atoms with Crippen molar-refractivity contribution in [3.63, 3.8) is 0 Å². The lowest BCUT2D eigenvalue weighted by atomic mass is 9.64. The molecule has 1 spiro atoms. The average molecular weight is 547 g/mol. The molecular formula is C33H26N2O4S. The number of thiophene rings is 1. The van der Waals surface area contributed by atoms with Gasteiger partial charge in [0.15, 0.2) is 11.6 Å². The maximum atomic E-state index is 14.7. The van der Waals surface area contributed by atoms with E-state index in [1.807, 2.05) is 71.8 Å². The van der Waals surface area contributed by atoms with Crippen LogP contribution in [0.4, 0.5) is 11.4 Å². The van der Waals surface area contributed by atoms with E-state index in [0.29, 0.717) is 21.9 Å². The third-order valence-electron chi connectivity index (χ3n) is 8.57. The summed E-state index contributed by atoms with van der Waals surface area (Å²) in [6.07, 6.45) is 2.07. The van der Waals surface area contributed by atoms with E-state index in [9.17, 15) is 14.4 Å². The lowest BCUT2D eigenvalue weighted by Crippen LogP contribution is -2.51. The molecule has 1 aromatic heterocycles. The van der Waals surface area contributed by atoms with Gasteiger partial charge in [0.1, 0.15) is 17.2 Å².